The molecule has 0 aliphatic heterocycles. The van der Waals surface area contributed by atoms with Crippen molar-refractivity contribution >= 4 is 5.97 Å². The highest BCUT2D eigenvalue weighted by Gasteiger charge is 2.03. The van der Waals surface area contributed by atoms with Crippen LogP contribution in [0.1, 0.15) is 40.0 Å². The second-order valence-electron chi connectivity index (χ2n) is 3.43. The van der Waals surface area contributed by atoms with Gasteiger partial charge in [0.1, 0.15) is 6.61 Å². The van der Waals surface area contributed by atoms with Crippen LogP contribution in [0.3, 0.4) is 0 Å². The van der Waals surface area contributed by atoms with Crippen molar-refractivity contribution in [1.29, 1.82) is 0 Å². The van der Waals surface area contributed by atoms with Crippen LogP contribution in [-0.4, -0.2) is 25.8 Å². The summed E-state index contributed by atoms with van der Waals surface area (Å²) in [5, 5.41) is 0. The van der Waals surface area contributed by atoms with E-state index in [2.05, 4.69) is 6.92 Å². The van der Waals surface area contributed by atoms with Crippen LogP contribution in [0.4, 0.5) is 0 Å². The molecule has 0 aromatic carbocycles. The van der Waals surface area contributed by atoms with Gasteiger partial charge in [0.25, 0.3) is 0 Å². The molecule has 0 aliphatic carbocycles. The quantitative estimate of drug-likeness (QED) is 0.354. The summed E-state index contributed by atoms with van der Waals surface area (Å²) in [5.41, 5.74) is 0.640. The van der Waals surface area contributed by atoms with Crippen molar-refractivity contribution in [2.24, 2.45) is 0 Å². The number of rotatable bonds is 8. The molecule has 0 saturated carbocycles. The summed E-state index contributed by atoms with van der Waals surface area (Å²) in [5.74, 6) is -0.255. The smallest absolute Gasteiger partial charge is 0.333 e. The number of unbranched alkanes of at least 4 members (excludes halogenated alkanes) is 2. The Bertz CT molecular complexity index is 197. The minimum atomic E-state index is -0.255. The fourth-order valence-corrected chi connectivity index (χ4v) is 0.981. The van der Waals surface area contributed by atoms with E-state index >= 15 is 0 Å². The molecule has 0 aromatic heterocycles. The lowest BCUT2D eigenvalue weighted by molar-refractivity contribution is -0.140. The van der Waals surface area contributed by atoms with Gasteiger partial charge in [-0.2, -0.15) is 0 Å². The number of hydrogen-bond donors (Lipinski definition) is 0. The molecule has 15 heavy (non-hydrogen) atoms. The van der Waals surface area contributed by atoms with Crippen molar-refractivity contribution in [3.8, 4) is 0 Å². The minimum Gasteiger partial charge on any atom is -0.460 e. The Morgan fingerprint density at radius 1 is 1.20 bits per heavy atom. The predicted molar refractivity (Wildman–Crippen MR) is 60.7 cm³/mol. The molecule has 0 N–H and O–H groups in total. The molecule has 0 atom stereocenters. The van der Waals surface area contributed by atoms with E-state index in [1.165, 1.54) is 12.8 Å². The Morgan fingerprint density at radius 3 is 2.53 bits per heavy atom. The van der Waals surface area contributed by atoms with Crippen LogP contribution >= 0.6 is 0 Å². The topological polar surface area (TPSA) is 35.5 Å². The lowest BCUT2D eigenvalue weighted by Crippen LogP contribution is -2.11. The molecule has 0 saturated heterocycles. The van der Waals surface area contributed by atoms with E-state index in [0.717, 1.165) is 13.0 Å². The van der Waals surface area contributed by atoms with Gasteiger partial charge in [-0.05, 0) is 20.3 Å². The van der Waals surface area contributed by atoms with Crippen molar-refractivity contribution in [3.63, 3.8) is 0 Å². The van der Waals surface area contributed by atoms with Gasteiger partial charge in [0.05, 0.1) is 6.61 Å². The van der Waals surface area contributed by atoms with Gasteiger partial charge in [0.2, 0.25) is 0 Å². The molecular weight excluding hydrogens is 192 g/mol. The molecule has 0 radical (unpaired) electrons. The Hall–Kier alpha value is -0.830. The summed E-state index contributed by atoms with van der Waals surface area (Å²) in [6.07, 6.45) is 5.21. The first-order valence-corrected chi connectivity index (χ1v) is 5.60. The predicted octanol–water partition coefficient (Wildman–Crippen LogP) is 2.70. The highest BCUT2D eigenvalue weighted by atomic mass is 16.6. The Morgan fingerprint density at radius 2 is 1.93 bits per heavy atom. The molecule has 0 amide bonds. The fraction of sp³-hybridized carbons (Fsp3) is 0.750. The van der Waals surface area contributed by atoms with E-state index in [9.17, 15) is 4.79 Å². The van der Waals surface area contributed by atoms with Gasteiger partial charge in [0, 0.05) is 12.2 Å². The summed E-state index contributed by atoms with van der Waals surface area (Å²) in [4.78, 5) is 11.2. The second kappa shape index (κ2) is 9.71. The molecule has 0 fully saturated rings. The summed E-state index contributed by atoms with van der Waals surface area (Å²) >= 11 is 0. The van der Waals surface area contributed by atoms with Gasteiger partial charge >= 0.3 is 5.97 Å². The Kier molecular flexibility index (Phi) is 9.18. The number of allylic oxidation sites excluding steroid dienone is 1. The van der Waals surface area contributed by atoms with E-state index < -0.39 is 0 Å². The maximum Gasteiger partial charge on any atom is 0.333 e. The average Bonchev–Trinajstić information content (AvgIpc) is 2.26. The lowest BCUT2D eigenvalue weighted by Gasteiger charge is -2.05. The Labute approximate surface area is 92.5 Å². The van der Waals surface area contributed by atoms with Crippen molar-refractivity contribution < 1.29 is 14.3 Å². The zero-order chi connectivity index (χ0) is 11.5. The maximum atomic E-state index is 11.2. The zero-order valence-electron chi connectivity index (χ0n) is 10.0. The highest BCUT2D eigenvalue weighted by molar-refractivity contribution is 5.87. The standard InChI is InChI=1S/C12H22O3/c1-4-6-7-8-14-9-10-15-12(13)11(3)5-2/h5H,4,6-10H2,1-3H3. The van der Waals surface area contributed by atoms with Crippen molar-refractivity contribution in [2.45, 2.75) is 40.0 Å². The molecule has 0 spiro atoms. The molecule has 0 aromatic rings. The van der Waals surface area contributed by atoms with Crippen molar-refractivity contribution in [3.05, 3.63) is 11.6 Å². The van der Waals surface area contributed by atoms with E-state index in [0.29, 0.717) is 18.8 Å². The summed E-state index contributed by atoms with van der Waals surface area (Å²) < 4.78 is 10.3. The molecule has 0 aliphatic rings. The molecule has 0 rings (SSSR count). The molecule has 0 heterocycles. The lowest BCUT2D eigenvalue weighted by atomic mass is 10.3. The third-order valence-electron chi connectivity index (χ3n) is 2.11. The van der Waals surface area contributed by atoms with Gasteiger partial charge in [-0.25, -0.2) is 4.79 Å². The first-order chi connectivity index (χ1) is 7.22. The molecule has 0 bridgehead atoms. The van der Waals surface area contributed by atoms with E-state index in [1.807, 2.05) is 6.92 Å². The van der Waals surface area contributed by atoms with Crippen LogP contribution < -0.4 is 0 Å². The maximum absolute atomic E-state index is 11.2. The average molecular weight is 214 g/mol. The summed E-state index contributed by atoms with van der Waals surface area (Å²) in [6, 6.07) is 0. The number of ether oxygens (including phenoxy) is 2. The van der Waals surface area contributed by atoms with Crippen LogP contribution in [-0.2, 0) is 14.3 Å². The summed E-state index contributed by atoms with van der Waals surface area (Å²) in [7, 11) is 0. The van der Waals surface area contributed by atoms with Gasteiger partial charge < -0.3 is 9.47 Å². The number of esters is 1. The largest absolute Gasteiger partial charge is 0.460 e. The number of hydrogen-bond acceptors (Lipinski definition) is 3. The van der Waals surface area contributed by atoms with Crippen LogP contribution in [0.5, 0.6) is 0 Å². The Balaban J connectivity index is 3.28. The third kappa shape index (κ3) is 8.18. The first-order valence-electron chi connectivity index (χ1n) is 5.60. The fourth-order valence-electron chi connectivity index (χ4n) is 0.981. The van der Waals surface area contributed by atoms with Gasteiger partial charge in [-0.15, -0.1) is 0 Å². The molecular formula is C12H22O3. The molecule has 3 heteroatoms. The van der Waals surface area contributed by atoms with E-state index in [1.54, 1.807) is 13.0 Å². The number of carbonyl (C=O) groups excluding carboxylic acids is 1. The van der Waals surface area contributed by atoms with Crippen LogP contribution in [0, 0.1) is 0 Å². The van der Waals surface area contributed by atoms with Crippen molar-refractivity contribution in [2.75, 3.05) is 19.8 Å². The van der Waals surface area contributed by atoms with Gasteiger partial charge in [0.15, 0.2) is 0 Å². The number of carbonyl (C=O) groups is 1. The summed E-state index contributed by atoms with van der Waals surface area (Å²) in [6.45, 7) is 7.31. The van der Waals surface area contributed by atoms with E-state index in [-0.39, 0.29) is 5.97 Å². The molecule has 88 valence electrons. The van der Waals surface area contributed by atoms with Gasteiger partial charge in [-0.3, -0.25) is 0 Å². The van der Waals surface area contributed by atoms with Crippen LogP contribution in [0.2, 0.25) is 0 Å². The van der Waals surface area contributed by atoms with Gasteiger partial charge in [-0.1, -0.05) is 25.8 Å². The normalized spacial score (nSPS) is 11.5. The third-order valence-corrected chi connectivity index (χ3v) is 2.11. The van der Waals surface area contributed by atoms with Crippen LogP contribution in [0.15, 0.2) is 11.6 Å². The molecule has 3 nitrogen and oxygen atoms in total. The zero-order valence-corrected chi connectivity index (χ0v) is 10.0. The second-order valence-corrected chi connectivity index (χ2v) is 3.43. The monoisotopic (exact) mass is 214 g/mol. The molecule has 0 unspecified atom stereocenters. The SMILES string of the molecule is CC=C(C)C(=O)OCCOCCCCC. The minimum absolute atomic E-state index is 0.255. The highest BCUT2D eigenvalue weighted by Crippen LogP contribution is 1.96. The first kappa shape index (κ1) is 14.2. The van der Waals surface area contributed by atoms with Crippen LogP contribution in [0.25, 0.3) is 0 Å². The van der Waals surface area contributed by atoms with Crippen molar-refractivity contribution in [1.82, 2.24) is 0 Å². The van der Waals surface area contributed by atoms with E-state index in [4.69, 9.17) is 9.47 Å².